The fraction of sp³-hybridized carbons (Fsp3) is 1.00. The zero-order valence-electron chi connectivity index (χ0n) is 9.47. The van der Waals surface area contributed by atoms with Gasteiger partial charge in [0.1, 0.15) is 0 Å². The van der Waals surface area contributed by atoms with Crippen molar-refractivity contribution < 1.29 is 5.11 Å². The maximum Gasteiger partial charge on any atom is 0.0850 e. The minimum Gasteiger partial charge on any atom is -0.388 e. The summed E-state index contributed by atoms with van der Waals surface area (Å²) >= 11 is 0. The largest absolute Gasteiger partial charge is 0.388 e. The summed E-state index contributed by atoms with van der Waals surface area (Å²) in [7, 11) is 0. The van der Waals surface area contributed by atoms with Gasteiger partial charge in [-0.2, -0.15) is 0 Å². The molecule has 2 rings (SSSR count). The lowest BCUT2D eigenvalue weighted by Crippen LogP contribution is -2.57. The van der Waals surface area contributed by atoms with Gasteiger partial charge in [0, 0.05) is 6.04 Å². The molecule has 0 radical (unpaired) electrons. The summed E-state index contributed by atoms with van der Waals surface area (Å²) in [6, 6.07) is 0.341. The highest BCUT2D eigenvalue weighted by Crippen LogP contribution is 2.48. The molecule has 14 heavy (non-hydrogen) atoms. The predicted octanol–water partition coefficient (Wildman–Crippen LogP) is 2.07. The first-order chi connectivity index (χ1) is 6.56. The molecule has 0 amide bonds. The monoisotopic (exact) mass is 197 g/mol. The highest BCUT2D eigenvalue weighted by atomic mass is 16.3. The second kappa shape index (κ2) is 3.49. The molecule has 1 aliphatic heterocycles. The molecular weight excluding hydrogens is 174 g/mol. The minimum atomic E-state index is -0.451. The highest BCUT2D eigenvalue weighted by molar-refractivity contribution is 5.06. The summed E-state index contributed by atoms with van der Waals surface area (Å²) < 4.78 is 0. The van der Waals surface area contributed by atoms with Crippen LogP contribution in [0.25, 0.3) is 0 Å². The molecule has 2 unspecified atom stereocenters. The first kappa shape index (κ1) is 10.4. The minimum absolute atomic E-state index is 0.0992. The molecule has 82 valence electrons. The Morgan fingerprint density at radius 3 is 2.43 bits per heavy atom. The van der Waals surface area contributed by atoms with E-state index in [0.29, 0.717) is 6.04 Å². The van der Waals surface area contributed by atoms with Crippen molar-refractivity contribution >= 4 is 0 Å². The smallest absolute Gasteiger partial charge is 0.0850 e. The molecule has 2 fully saturated rings. The molecule has 0 spiro atoms. The number of piperidine rings is 1. The Morgan fingerprint density at radius 1 is 1.14 bits per heavy atom. The van der Waals surface area contributed by atoms with E-state index in [1.54, 1.807) is 0 Å². The van der Waals surface area contributed by atoms with Crippen LogP contribution in [0.15, 0.2) is 0 Å². The van der Waals surface area contributed by atoms with Crippen LogP contribution in [0.4, 0.5) is 0 Å². The summed E-state index contributed by atoms with van der Waals surface area (Å²) in [6.45, 7) is 5.52. The average molecular weight is 197 g/mol. The third-order valence-corrected chi connectivity index (χ3v) is 4.42. The van der Waals surface area contributed by atoms with Crippen LogP contribution < -0.4 is 5.32 Å². The van der Waals surface area contributed by atoms with E-state index in [1.807, 2.05) is 0 Å². The standard InChI is InChI=1S/C12H23NO/c1-11(2)7-5-8-12(11,14)10-6-3-4-9-13-10/h10,13-14H,3-9H2,1-2H3. The normalized spacial score (nSPS) is 42.6. The van der Waals surface area contributed by atoms with Gasteiger partial charge < -0.3 is 10.4 Å². The molecule has 0 aromatic rings. The summed E-state index contributed by atoms with van der Waals surface area (Å²) in [4.78, 5) is 0. The van der Waals surface area contributed by atoms with E-state index in [9.17, 15) is 5.11 Å². The van der Waals surface area contributed by atoms with Crippen LogP contribution in [0.3, 0.4) is 0 Å². The Bertz CT molecular complexity index is 208. The molecule has 2 nitrogen and oxygen atoms in total. The first-order valence-corrected chi connectivity index (χ1v) is 6.02. The van der Waals surface area contributed by atoms with Gasteiger partial charge in [-0.25, -0.2) is 0 Å². The van der Waals surface area contributed by atoms with Crippen LogP contribution in [0.2, 0.25) is 0 Å². The van der Waals surface area contributed by atoms with Crippen LogP contribution in [0, 0.1) is 5.41 Å². The number of hydrogen-bond donors (Lipinski definition) is 2. The second-order valence-electron chi connectivity index (χ2n) is 5.66. The molecule has 2 aliphatic rings. The van der Waals surface area contributed by atoms with Gasteiger partial charge >= 0.3 is 0 Å². The number of rotatable bonds is 1. The van der Waals surface area contributed by atoms with Crippen LogP contribution >= 0.6 is 0 Å². The Balaban J connectivity index is 2.13. The summed E-state index contributed by atoms with van der Waals surface area (Å²) in [6.07, 6.45) is 7.03. The van der Waals surface area contributed by atoms with Crippen molar-refractivity contribution in [3.05, 3.63) is 0 Å². The van der Waals surface area contributed by atoms with Gasteiger partial charge in [-0.3, -0.25) is 0 Å². The fourth-order valence-corrected chi connectivity index (χ4v) is 3.26. The summed E-state index contributed by atoms with van der Waals surface area (Å²) in [5, 5.41) is 14.3. The zero-order chi connectivity index (χ0) is 10.2. The molecule has 0 aromatic heterocycles. The highest BCUT2D eigenvalue weighted by Gasteiger charge is 2.52. The molecule has 2 heteroatoms. The van der Waals surface area contributed by atoms with Crippen LogP contribution in [0.5, 0.6) is 0 Å². The van der Waals surface area contributed by atoms with Crippen LogP contribution in [0.1, 0.15) is 52.4 Å². The van der Waals surface area contributed by atoms with Crippen LogP contribution in [-0.4, -0.2) is 23.3 Å². The van der Waals surface area contributed by atoms with Gasteiger partial charge in [0.15, 0.2) is 0 Å². The zero-order valence-corrected chi connectivity index (χ0v) is 9.47. The lowest BCUT2D eigenvalue weighted by molar-refractivity contribution is -0.0786. The van der Waals surface area contributed by atoms with Crippen molar-refractivity contribution in [2.24, 2.45) is 5.41 Å². The Kier molecular flexibility index (Phi) is 2.61. The van der Waals surface area contributed by atoms with Crippen molar-refractivity contribution in [3.8, 4) is 0 Å². The Hall–Kier alpha value is -0.0800. The van der Waals surface area contributed by atoms with Gasteiger partial charge in [0.2, 0.25) is 0 Å². The molecule has 1 saturated heterocycles. The molecule has 1 aliphatic carbocycles. The average Bonchev–Trinajstić information content (AvgIpc) is 2.44. The van der Waals surface area contributed by atoms with E-state index in [-0.39, 0.29) is 5.41 Å². The molecule has 1 saturated carbocycles. The Morgan fingerprint density at radius 2 is 1.93 bits per heavy atom. The van der Waals surface area contributed by atoms with Gasteiger partial charge in [-0.05, 0) is 44.1 Å². The van der Waals surface area contributed by atoms with Gasteiger partial charge in [0.05, 0.1) is 5.60 Å². The van der Waals surface area contributed by atoms with Crippen molar-refractivity contribution in [2.45, 2.75) is 64.0 Å². The molecule has 1 heterocycles. The van der Waals surface area contributed by atoms with Crippen molar-refractivity contribution in [2.75, 3.05) is 6.54 Å². The molecule has 0 bridgehead atoms. The molecular formula is C12H23NO. The van der Waals surface area contributed by atoms with Crippen LogP contribution in [-0.2, 0) is 0 Å². The van der Waals surface area contributed by atoms with Crippen molar-refractivity contribution in [3.63, 3.8) is 0 Å². The van der Waals surface area contributed by atoms with E-state index in [1.165, 1.54) is 25.7 Å². The number of aliphatic hydroxyl groups is 1. The van der Waals surface area contributed by atoms with Crippen molar-refractivity contribution in [1.82, 2.24) is 5.32 Å². The molecule has 2 N–H and O–H groups in total. The second-order valence-corrected chi connectivity index (χ2v) is 5.66. The van der Waals surface area contributed by atoms with Crippen molar-refractivity contribution in [1.29, 1.82) is 0 Å². The maximum atomic E-state index is 10.8. The van der Waals surface area contributed by atoms with E-state index in [4.69, 9.17) is 0 Å². The van der Waals surface area contributed by atoms with Gasteiger partial charge in [0.25, 0.3) is 0 Å². The molecule has 0 aromatic carbocycles. The SMILES string of the molecule is CC1(C)CCCC1(O)C1CCCCN1. The number of nitrogens with one attached hydrogen (secondary N) is 1. The summed E-state index contributed by atoms with van der Waals surface area (Å²) in [5.74, 6) is 0. The Labute approximate surface area is 87.1 Å². The van der Waals surface area contributed by atoms with E-state index in [2.05, 4.69) is 19.2 Å². The topological polar surface area (TPSA) is 32.3 Å². The predicted molar refractivity (Wildman–Crippen MR) is 58.2 cm³/mol. The van der Waals surface area contributed by atoms with Gasteiger partial charge in [-0.15, -0.1) is 0 Å². The summed E-state index contributed by atoms with van der Waals surface area (Å²) in [5.41, 5.74) is -0.352. The first-order valence-electron chi connectivity index (χ1n) is 6.02. The maximum absolute atomic E-state index is 10.8. The van der Waals surface area contributed by atoms with Gasteiger partial charge in [-0.1, -0.05) is 20.3 Å². The van der Waals surface area contributed by atoms with E-state index < -0.39 is 5.60 Å². The lowest BCUT2D eigenvalue weighted by atomic mass is 9.71. The quantitative estimate of drug-likeness (QED) is 0.674. The van der Waals surface area contributed by atoms with E-state index in [0.717, 1.165) is 19.4 Å². The van der Waals surface area contributed by atoms with E-state index >= 15 is 0 Å². The third-order valence-electron chi connectivity index (χ3n) is 4.42. The fourth-order valence-electron chi connectivity index (χ4n) is 3.26. The third kappa shape index (κ3) is 1.49. The molecule has 2 atom stereocenters. The lowest BCUT2D eigenvalue weighted by Gasteiger charge is -2.45. The number of hydrogen-bond acceptors (Lipinski definition) is 2.